The van der Waals surface area contributed by atoms with Gasteiger partial charge in [-0.25, -0.2) is 0 Å². The van der Waals surface area contributed by atoms with Crippen LogP contribution in [0.15, 0.2) is 24.3 Å². The first-order valence-corrected chi connectivity index (χ1v) is 8.11. The molecular weight excluding hydrogens is 262 g/mol. The van der Waals surface area contributed by atoms with Crippen molar-refractivity contribution in [1.82, 2.24) is 5.32 Å². The summed E-state index contributed by atoms with van der Waals surface area (Å²) in [5.41, 5.74) is 2.23. The van der Waals surface area contributed by atoms with Crippen LogP contribution in [-0.2, 0) is 16.6 Å². The molecule has 3 heteroatoms. The van der Waals surface area contributed by atoms with Crippen molar-refractivity contribution in [3.05, 3.63) is 35.4 Å². The van der Waals surface area contributed by atoms with Crippen LogP contribution in [0.3, 0.4) is 0 Å². The number of carbonyl (C=O) groups is 1. The largest absolute Gasteiger partial charge is 0.481 e. The number of aliphatic carboxylic acids is 1. The van der Waals surface area contributed by atoms with E-state index in [4.69, 9.17) is 0 Å². The first kappa shape index (κ1) is 14.6. The Morgan fingerprint density at radius 1 is 1.38 bits per heavy atom. The number of rotatable bonds is 3. The lowest BCUT2D eigenvalue weighted by molar-refractivity contribution is -0.147. The number of fused-ring (bicyclic) bond motifs is 3. The van der Waals surface area contributed by atoms with Crippen molar-refractivity contribution in [2.75, 3.05) is 6.54 Å². The number of benzene rings is 1. The SMILES string of the molecule is CCC(C(=O)O)[C@@]12CCCNC1(C)CCc1ccccc12. The number of carboxylic acids is 1. The fourth-order valence-corrected chi connectivity index (χ4v) is 4.95. The standard InChI is InChI=1S/C18H25NO2/c1-3-14(16(20)21)18-10-6-12-19-17(18,2)11-9-13-7-4-5-8-15(13)18/h4-5,7-8,14,19H,3,6,9-12H2,1-2H3,(H,20,21)/t14?,17?,18-/m1/s1. The summed E-state index contributed by atoms with van der Waals surface area (Å²) in [4.78, 5) is 12.0. The van der Waals surface area contributed by atoms with E-state index in [9.17, 15) is 9.90 Å². The van der Waals surface area contributed by atoms with Crippen LogP contribution in [0.4, 0.5) is 0 Å². The maximum atomic E-state index is 12.0. The molecule has 0 spiro atoms. The topological polar surface area (TPSA) is 49.3 Å². The molecular formula is C18H25NO2. The number of carboxylic acid groups (broad SMARTS) is 1. The van der Waals surface area contributed by atoms with Crippen LogP contribution in [0.5, 0.6) is 0 Å². The molecule has 2 N–H and O–H groups in total. The van der Waals surface area contributed by atoms with Gasteiger partial charge < -0.3 is 10.4 Å². The van der Waals surface area contributed by atoms with Crippen molar-refractivity contribution in [2.45, 2.75) is 56.9 Å². The van der Waals surface area contributed by atoms with Crippen LogP contribution in [0.1, 0.15) is 50.7 Å². The summed E-state index contributed by atoms with van der Waals surface area (Å²) in [5.74, 6) is -0.971. The molecule has 1 aromatic rings. The van der Waals surface area contributed by atoms with E-state index in [2.05, 4.69) is 36.5 Å². The van der Waals surface area contributed by atoms with E-state index in [0.717, 1.165) is 32.2 Å². The minimum Gasteiger partial charge on any atom is -0.481 e. The normalized spacial score (nSPS) is 32.9. The maximum absolute atomic E-state index is 12.0. The van der Waals surface area contributed by atoms with Gasteiger partial charge in [0.2, 0.25) is 0 Å². The van der Waals surface area contributed by atoms with Gasteiger partial charge in [0, 0.05) is 11.0 Å². The summed E-state index contributed by atoms with van der Waals surface area (Å²) in [6, 6.07) is 8.49. The predicted octanol–water partition coefficient (Wildman–Crippen LogP) is 3.12. The number of piperidine rings is 1. The summed E-state index contributed by atoms with van der Waals surface area (Å²) in [6.45, 7) is 5.25. The summed E-state index contributed by atoms with van der Waals surface area (Å²) >= 11 is 0. The van der Waals surface area contributed by atoms with Crippen molar-refractivity contribution < 1.29 is 9.90 Å². The molecule has 0 amide bonds. The number of hydrogen-bond acceptors (Lipinski definition) is 2. The zero-order chi connectivity index (χ0) is 15.1. The quantitative estimate of drug-likeness (QED) is 0.898. The second kappa shape index (κ2) is 5.13. The molecule has 3 atom stereocenters. The monoisotopic (exact) mass is 287 g/mol. The molecule has 1 saturated heterocycles. The van der Waals surface area contributed by atoms with Gasteiger partial charge in [-0.05, 0) is 56.7 Å². The van der Waals surface area contributed by atoms with Crippen LogP contribution in [0.25, 0.3) is 0 Å². The van der Waals surface area contributed by atoms with E-state index in [1.165, 1.54) is 11.1 Å². The van der Waals surface area contributed by atoms with E-state index < -0.39 is 5.97 Å². The second-order valence-electron chi connectivity index (χ2n) is 6.79. The lowest BCUT2D eigenvalue weighted by Crippen LogP contribution is -2.68. The minimum absolute atomic E-state index is 0.112. The number of nitrogens with one attached hydrogen (secondary N) is 1. The molecule has 114 valence electrons. The highest BCUT2D eigenvalue weighted by atomic mass is 16.4. The van der Waals surface area contributed by atoms with Crippen molar-refractivity contribution in [3.63, 3.8) is 0 Å². The Morgan fingerprint density at radius 2 is 2.14 bits per heavy atom. The van der Waals surface area contributed by atoms with Gasteiger partial charge in [0.1, 0.15) is 0 Å². The zero-order valence-electron chi connectivity index (χ0n) is 13.0. The smallest absolute Gasteiger partial charge is 0.307 e. The van der Waals surface area contributed by atoms with Gasteiger partial charge in [-0.15, -0.1) is 0 Å². The van der Waals surface area contributed by atoms with Gasteiger partial charge in [-0.3, -0.25) is 4.79 Å². The molecule has 1 heterocycles. The van der Waals surface area contributed by atoms with Gasteiger partial charge in [0.15, 0.2) is 0 Å². The summed E-state index contributed by atoms with van der Waals surface area (Å²) in [7, 11) is 0. The summed E-state index contributed by atoms with van der Waals surface area (Å²) in [6.07, 6.45) is 4.76. The van der Waals surface area contributed by atoms with Crippen LogP contribution >= 0.6 is 0 Å². The molecule has 2 aliphatic rings. The van der Waals surface area contributed by atoms with Gasteiger partial charge in [0.25, 0.3) is 0 Å². The van der Waals surface area contributed by atoms with E-state index in [1.54, 1.807) is 0 Å². The van der Waals surface area contributed by atoms with E-state index in [1.807, 2.05) is 6.92 Å². The number of hydrogen-bond donors (Lipinski definition) is 2. The molecule has 0 saturated carbocycles. The molecule has 3 nitrogen and oxygen atoms in total. The Bertz CT molecular complexity index is 556. The maximum Gasteiger partial charge on any atom is 0.307 e. The second-order valence-corrected chi connectivity index (χ2v) is 6.79. The first-order valence-electron chi connectivity index (χ1n) is 8.11. The molecule has 1 aromatic carbocycles. The number of aryl methyl sites for hydroxylation is 1. The van der Waals surface area contributed by atoms with Crippen LogP contribution in [-0.4, -0.2) is 23.2 Å². The molecule has 0 aromatic heterocycles. The van der Waals surface area contributed by atoms with Gasteiger partial charge >= 0.3 is 5.97 Å². The van der Waals surface area contributed by atoms with Crippen molar-refractivity contribution in [2.24, 2.45) is 5.92 Å². The third-order valence-electron chi connectivity index (χ3n) is 5.94. The predicted molar refractivity (Wildman–Crippen MR) is 83.5 cm³/mol. The summed E-state index contributed by atoms with van der Waals surface area (Å²) < 4.78 is 0. The third kappa shape index (κ3) is 1.94. The summed E-state index contributed by atoms with van der Waals surface area (Å²) in [5, 5.41) is 13.6. The van der Waals surface area contributed by atoms with E-state index >= 15 is 0 Å². The van der Waals surface area contributed by atoms with E-state index in [-0.39, 0.29) is 16.9 Å². The van der Waals surface area contributed by atoms with Gasteiger partial charge in [0.05, 0.1) is 5.92 Å². The Labute approximate surface area is 126 Å². The average molecular weight is 287 g/mol. The molecule has 2 unspecified atom stereocenters. The highest BCUT2D eigenvalue weighted by molar-refractivity contribution is 5.73. The van der Waals surface area contributed by atoms with Gasteiger partial charge in [-0.1, -0.05) is 31.2 Å². The Balaban J connectivity index is 2.24. The van der Waals surface area contributed by atoms with Crippen molar-refractivity contribution in [1.29, 1.82) is 0 Å². The van der Waals surface area contributed by atoms with Crippen molar-refractivity contribution in [3.8, 4) is 0 Å². The highest BCUT2D eigenvalue weighted by Gasteiger charge is 2.58. The molecule has 1 aliphatic carbocycles. The molecule has 1 aliphatic heterocycles. The zero-order valence-corrected chi connectivity index (χ0v) is 13.0. The third-order valence-corrected chi connectivity index (χ3v) is 5.94. The highest BCUT2D eigenvalue weighted by Crippen LogP contribution is 2.54. The first-order chi connectivity index (χ1) is 10.0. The lowest BCUT2D eigenvalue weighted by atomic mass is 9.50. The molecule has 21 heavy (non-hydrogen) atoms. The molecule has 1 fully saturated rings. The molecule has 3 rings (SSSR count). The van der Waals surface area contributed by atoms with Crippen molar-refractivity contribution >= 4 is 5.97 Å². The van der Waals surface area contributed by atoms with Gasteiger partial charge in [-0.2, -0.15) is 0 Å². The van der Waals surface area contributed by atoms with Crippen LogP contribution < -0.4 is 5.32 Å². The average Bonchev–Trinajstić information content (AvgIpc) is 2.48. The fraction of sp³-hybridized carbons (Fsp3) is 0.611. The Kier molecular flexibility index (Phi) is 3.56. The minimum atomic E-state index is -0.649. The van der Waals surface area contributed by atoms with Crippen LogP contribution in [0.2, 0.25) is 0 Å². The fourth-order valence-electron chi connectivity index (χ4n) is 4.95. The van der Waals surface area contributed by atoms with Crippen LogP contribution in [0, 0.1) is 5.92 Å². The Morgan fingerprint density at radius 3 is 2.86 bits per heavy atom. The molecule has 0 radical (unpaired) electrons. The lowest BCUT2D eigenvalue weighted by Gasteiger charge is -2.58. The molecule has 0 bridgehead atoms. The van der Waals surface area contributed by atoms with E-state index in [0.29, 0.717) is 6.42 Å². The Hall–Kier alpha value is -1.35.